The molecular formula is C22H28N4O5. The van der Waals surface area contributed by atoms with Crippen molar-refractivity contribution in [2.24, 2.45) is 0 Å². The van der Waals surface area contributed by atoms with Gasteiger partial charge in [-0.1, -0.05) is 23.4 Å². The first kappa shape index (κ1) is 22.5. The Morgan fingerprint density at radius 2 is 1.97 bits per heavy atom. The van der Waals surface area contributed by atoms with E-state index in [4.69, 9.17) is 9.26 Å². The maximum atomic E-state index is 13.0. The van der Waals surface area contributed by atoms with E-state index in [1.54, 1.807) is 19.1 Å². The molecule has 1 fully saturated rings. The van der Waals surface area contributed by atoms with Crippen LogP contribution in [0.25, 0.3) is 0 Å². The van der Waals surface area contributed by atoms with Crippen LogP contribution in [0.15, 0.2) is 34.9 Å². The van der Waals surface area contributed by atoms with Crippen molar-refractivity contribution in [2.45, 2.75) is 45.6 Å². The second kappa shape index (κ2) is 10.7. The lowest BCUT2D eigenvalue weighted by Crippen LogP contribution is -2.43. The molecule has 3 rings (SSSR count). The summed E-state index contributed by atoms with van der Waals surface area (Å²) in [6, 6.07) is 8.94. The van der Waals surface area contributed by atoms with Crippen molar-refractivity contribution in [1.82, 2.24) is 10.5 Å². The van der Waals surface area contributed by atoms with Crippen LogP contribution >= 0.6 is 0 Å². The molecule has 1 aliphatic heterocycles. The first-order chi connectivity index (χ1) is 14.9. The lowest BCUT2D eigenvalue weighted by Gasteiger charge is -2.24. The van der Waals surface area contributed by atoms with E-state index in [0.29, 0.717) is 30.4 Å². The molecule has 2 N–H and O–H groups in total. The van der Waals surface area contributed by atoms with Crippen LogP contribution in [0, 0.1) is 13.8 Å². The quantitative estimate of drug-likeness (QED) is 0.634. The van der Waals surface area contributed by atoms with E-state index in [0.717, 1.165) is 18.4 Å². The number of aryl methyl sites for hydroxylation is 2. The molecule has 1 saturated heterocycles. The number of hydrogen-bond donors (Lipinski definition) is 2. The van der Waals surface area contributed by atoms with Crippen molar-refractivity contribution in [3.05, 3.63) is 41.7 Å². The Bertz CT molecular complexity index is 920. The minimum Gasteiger partial charge on any atom is -0.376 e. The fourth-order valence-electron chi connectivity index (χ4n) is 3.39. The normalized spacial score (nSPS) is 15.5. The predicted molar refractivity (Wildman–Crippen MR) is 115 cm³/mol. The van der Waals surface area contributed by atoms with Gasteiger partial charge in [-0.05, 0) is 38.3 Å². The second-order valence-corrected chi connectivity index (χ2v) is 7.58. The van der Waals surface area contributed by atoms with E-state index in [2.05, 4.69) is 15.8 Å². The van der Waals surface area contributed by atoms with Gasteiger partial charge in [0.1, 0.15) is 12.3 Å². The summed E-state index contributed by atoms with van der Waals surface area (Å²) in [4.78, 5) is 39.1. The monoisotopic (exact) mass is 428 g/mol. The highest BCUT2D eigenvalue weighted by Gasteiger charge is 2.23. The molecule has 0 saturated carbocycles. The summed E-state index contributed by atoms with van der Waals surface area (Å²) in [5.74, 6) is -0.0535. The van der Waals surface area contributed by atoms with Crippen molar-refractivity contribution in [3.63, 3.8) is 0 Å². The number of benzene rings is 1. The van der Waals surface area contributed by atoms with Gasteiger partial charge in [0, 0.05) is 37.7 Å². The molecule has 0 radical (unpaired) electrons. The van der Waals surface area contributed by atoms with Gasteiger partial charge in [0.05, 0.1) is 6.10 Å². The summed E-state index contributed by atoms with van der Waals surface area (Å²) >= 11 is 0. The third kappa shape index (κ3) is 6.65. The Kier molecular flexibility index (Phi) is 7.77. The van der Waals surface area contributed by atoms with Crippen molar-refractivity contribution in [2.75, 3.05) is 29.9 Å². The number of nitrogens with zero attached hydrogens (tertiary/aromatic N) is 2. The summed E-state index contributed by atoms with van der Waals surface area (Å²) < 4.78 is 10.4. The largest absolute Gasteiger partial charge is 0.376 e. The molecule has 2 aromatic rings. The molecule has 1 aliphatic rings. The van der Waals surface area contributed by atoms with Crippen LogP contribution in [0.1, 0.15) is 37.0 Å². The van der Waals surface area contributed by atoms with Gasteiger partial charge in [-0.3, -0.25) is 14.4 Å². The number of hydrogen-bond acceptors (Lipinski definition) is 6. The van der Waals surface area contributed by atoms with Gasteiger partial charge >= 0.3 is 0 Å². The van der Waals surface area contributed by atoms with Crippen molar-refractivity contribution >= 4 is 29.2 Å². The average molecular weight is 428 g/mol. The molecule has 1 aromatic carbocycles. The Balaban J connectivity index is 1.59. The highest BCUT2D eigenvalue weighted by atomic mass is 16.5. The number of nitrogens with one attached hydrogen (secondary N) is 2. The van der Waals surface area contributed by atoms with Crippen molar-refractivity contribution < 1.29 is 23.6 Å². The van der Waals surface area contributed by atoms with Crippen LogP contribution in [0.2, 0.25) is 0 Å². The van der Waals surface area contributed by atoms with Gasteiger partial charge in [-0.25, -0.2) is 0 Å². The van der Waals surface area contributed by atoms with E-state index in [-0.39, 0.29) is 43.2 Å². The summed E-state index contributed by atoms with van der Waals surface area (Å²) in [7, 11) is 0. The van der Waals surface area contributed by atoms with Gasteiger partial charge in [-0.15, -0.1) is 0 Å². The van der Waals surface area contributed by atoms with Crippen LogP contribution in [0.4, 0.5) is 11.5 Å². The Morgan fingerprint density at radius 1 is 1.16 bits per heavy atom. The molecule has 1 atom stereocenters. The highest BCUT2D eigenvalue weighted by Crippen LogP contribution is 2.21. The van der Waals surface area contributed by atoms with Gasteiger partial charge in [0.25, 0.3) is 0 Å². The molecule has 0 spiro atoms. The van der Waals surface area contributed by atoms with Crippen LogP contribution in [0.5, 0.6) is 0 Å². The number of amides is 3. The maximum Gasteiger partial charge on any atom is 0.240 e. The lowest BCUT2D eigenvalue weighted by atomic mass is 10.1. The number of carbonyl (C=O) groups excluding carboxylic acids is 3. The number of rotatable bonds is 9. The Morgan fingerprint density at radius 3 is 2.65 bits per heavy atom. The van der Waals surface area contributed by atoms with E-state index >= 15 is 0 Å². The first-order valence-corrected chi connectivity index (χ1v) is 10.4. The molecule has 0 bridgehead atoms. The summed E-state index contributed by atoms with van der Waals surface area (Å²) in [6.45, 7) is 4.61. The maximum absolute atomic E-state index is 13.0. The molecular weight excluding hydrogens is 400 g/mol. The topological polar surface area (TPSA) is 114 Å². The molecule has 9 nitrogen and oxygen atoms in total. The third-order valence-electron chi connectivity index (χ3n) is 5.02. The predicted octanol–water partition coefficient (Wildman–Crippen LogP) is 2.34. The minimum atomic E-state index is -0.353. The molecule has 166 valence electrons. The van der Waals surface area contributed by atoms with Crippen LogP contribution < -0.4 is 15.5 Å². The SMILES string of the molecule is Cc1cc(NC(=O)CCC(=O)N(CC(=O)NC[C@@H]2CCCO2)c2ccccc2C)no1. The summed E-state index contributed by atoms with van der Waals surface area (Å²) in [5.41, 5.74) is 1.51. The van der Waals surface area contributed by atoms with Gasteiger partial charge in [0.2, 0.25) is 17.7 Å². The van der Waals surface area contributed by atoms with Crippen LogP contribution in [-0.2, 0) is 19.1 Å². The molecule has 31 heavy (non-hydrogen) atoms. The van der Waals surface area contributed by atoms with E-state index in [1.807, 2.05) is 25.1 Å². The smallest absolute Gasteiger partial charge is 0.240 e. The van der Waals surface area contributed by atoms with Gasteiger partial charge < -0.3 is 24.8 Å². The zero-order valence-corrected chi connectivity index (χ0v) is 17.8. The summed E-state index contributed by atoms with van der Waals surface area (Å²) in [6.07, 6.45) is 1.85. The molecule has 9 heteroatoms. The minimum absolute atomic E-state index is 0.0235. The van der Waals surface area contributed by atoms with Crippen LogP contribution in [0.3, 0.4) is 0 Å². The van der Waals surface area contributed by atoms with E-state index < -0.39 is 0 Å². The Hall–Kier alpha value is -3.20. The number of para-hydroxylation sites is 1. The Labute approximate surface area is 181 Å². The van der Waals surface area contributed by atoms with E-state index in [9.17, 15) is 14.4 Å². The lowest BCUT2D eigenvalue weighted by molar-refractivity contribution is -0.125. The fraction of sp³-hybridized carbons (Fsp3) is 0.455. The third-order valence-corrected chi connectivity index (χ3v) is 5.02. The zero-order valence-electron chi connectivity index (χ0n) is 17.8. The standard InChI is InChI=1S/C22H28N4O5/c1-15-6-3-4-8-18(15)26(14-21(28)23-13-17-7-5-11-30-17)22(29)10-9-20(27)24-19-12-16(2)31-25-19/h3-4,6,8,12,17H,5,7,9-11,13-14H2,1-2H3,(H,23,28)(H,24,25,27)/t17-/m0/s1. The number of anilines is 2. The molecule has 3 amide bonds. The highest BCUT2D eigenvalue weighted by molar-refractivity contribution is 6.01. The molecule has 2 heterocycles. The summed E-state index contributed by atoms with van der Waals surface area (Å²) in [5, 5.41) is 9.14. The van der Waals surface area contributed by atoms with Crippen LogP contribution in [-0.4, -0.2) is 48.7 Å². The second-order valence-electron chi connectivity index (χ2n) is 7.58. The molecule has 0 unspecified atom stereocenters. The van der Waals surface area contributed by atoms with Gasteiger partial charge in [-0.2, -0.15) is 0 Å². The number of carbonyl (C=O) groups is 3. The zero-order chi connectivity index (χ0) is 22.2. The average Bonchev–Trinajstić information content (AvgIpc) is 3.41. The molecule has 0 aliphatic carbocycles. The number of ether oxygens (including phenoxy) is 1. The number of aromatic nitrogens is 1. The molecule has 1 aromatic heterocycles. The van der Waals surface area contributed by atoms with E-state index in [1.165, 1.54) is 4.90 Å². The van der Waals surface area contributed by atoms with Gasteiger partial charge in [0.15, 0.2) is 5.82 Å². The van der Waals surface area contributed by atoms with Crippen molar-refractivity contribution in [1.29, 1.82) is 0 Å². The first-order valence-electron chi connectivity index (χ1n) is 10.4. The van der Waals surface area contributed by atoms with Crippen molar-refractivity contribution in [3.8, 4) is 0 Å². The fourth-order valence-corrected chi connectivity index (χ4v) is 3.39.